The number of halogens is 2. The molecule has 6 nitrogen and oxygen atoms in total. The third kappa shape index (κ3) is 7.62. The SMILES string of the molecule is CCOc1cc(C=CC(=O)NCc2ccc(CN3CCOCC3)cc2)ccc1OC(F)F. The van der Waals surface area contributed by atoms with E-state index in [1.54, 1.807) is 25.1 Å². The lowest BCUT2D eigenvalue weighted by molar-refractivity contribution is -0.116. The maximum Gasteiger partial charge on any atom is 0.387 e. The Morgan fingerprint density at radius 1 is 1.12 bits per heavy atom. The minimum atomic E-state index is -2.94. The number of benzene rings is 2. The molecular weight excluding hydrogens is 418 g/mol. The molecule has 1 aliphatic heterocycles. The highest BCUT2D eigenvalue weighted by Crippen LogP contribution is 2.30. The number of hydrogen-bond acceptors (Lipinski definition) is 5. The number of nitrogens with zero attached hydrogens (tertiary/aromatic N) is 1. The fraction of sp³-hybridized carbons (Fsp3) is 0.375. The number of morpholine rings is 1. The van der Waals surface area contributed by atoms with Crippen LogP contribution in [0.3, 0.4) is 0 Å². The highest BCUT2D eigenvalue weighted by atomic mass is 19.3. The first-order valence-corrected chi connectivity index (χ1v) is 10.6. The summed E-state index contributed by atoms with van der Waals surface area (Å²) in [7, 11) is 0. The molecule has 0 aromatic heterocycles. The summed E-state index contributed by atoms with van der Waals surface area (Å²) in [5.74, 6) is -0.0960. The number of ether oxygens (including phenoxy) is 3. The van der Waals surface area contributed by atoms with Gasteiger partial charge in [-0.05, 0) is 41.8 Å². The van der Waals surface area contributed by atoms with Crippen molar-refractivity contribution in [2.45, 2.75) is 26.6 Å². The summed E-state index contributed by atoms with van der Waals surface area (Å²) in [4.78, 5) is 14.5. The van der Waals surface area contributed by atoms with Gasteiger partial charge in [0.1, 0.15) is 0 Å². The van der Waals surface area contributed by atoms with E-state index < -0.39 is 6.61 Å². The molecule has 32 heavy (non-hydrogen) atoms. The Kier molecular flexibility index (Phi) is 9.01. The molecule has 8 heteroatoms. The van der Waals surface area contributed by atoms with Crippen LogP contribution in [0.15, 0.2) is 48.5 Å². The first-order valence-electron chi connectivity index (χ1n) is 10.6. The zero-order valence-corrected chi connectivity index (χ0v) is 18.1. The Bertz CT molecular complexity index is 897. The summed E-state index contributed by atoms with van der Waals surface area (Å²) in [5.41, 5.74) is 2.87. The molecule has 0 radical (unpaired) electrons. The third-order valence-electron chi connectivity index (χ3n) is 4.91. The van der Waals surface area contributed by atoms with Gasteiger partial charge in [-0.2, -0.15) is 8.78 Å². The topological polar surface area (TPSA) is 60.0 Å². The second-order valence-corrected chi connectivity index (χ2v) is 7.27. The first-order chi connectivity index (χ1) is 15.5. The van der Waals surface area contributed by atoms with Gasteiger partial charge in [0, 0.05) is 32.3 Å². The summed E-state index contributed by atoms with van der Waals surface area (Å²) in [6, 6.07) is 12.7. The van der Waals surface area contributed by atoms with Crippen LogP contribution in [0, 0.1) is 0 Å². The van der Waals surface area contributed by atoms with Crippen LogP contribution in [0.4, 0.5) is 8.78 Å². The quantitative estimate of drug-likeness (QED) is 0.562. The van der Waals surface area contributed by atoms with Crippen molar-refractivity contribution in [2.24, 2.45) is 0 Å². The number of hydrogen-bond donors (Lipinski definition) is 1. The zero-order chi connectivity index (χ0) is 22.8. The van der Waals surface area contributed by atoms with Gasteiger partial charge in [0.2, 0.25) is 5.91 Å². The third-order valence-corrected chi connectivity index (χ3v) is 4.91. The van der Waals surface area contributed by atoms with E-state index in [4.69, 9.17) is 9.47 Å². The highest BCUT2D eigenvalue weighted by molar-refractivity contribution is 5.91. The van der Waals surface area contributed by atoms with Crippen molar-refractivity contribution >= 4 is 12.0 Å². The molecule has 0 atom stereocenters. The van der Waals surface area contributed by atoms with E-state index in [-0.39, 0.29) is 17.4 Å². The molecule has 0 aliphatic carbocycles. The minimum Gasteiger partial charge on any atom is -0.490 e. The predicted octanol–water partition coefficient (Wildman–Crippen LogP) is 3.85. The average Bonchev–Trinajstić information content (AvgIpc) is 2.79. The van der Waals surface area contributed by atoms with E-state index in [0.717, 1.165) is 38.4 Å². The van der Waals surface area contributed by atoms with Crippen LogP contribution < -0.4 is 14.8 Å². The standard InChI is InChI=1S/C24H28F2N2O4/c1-2-31-22-15-18(7-9-21(22)32-24(25)26)8-10-23(29)27-16-19-3-5-20(6-4-19)17-28-11-13-30-14-12-28/h3-10,15,24H,2,11-14,16-17H2,1H3,(H,27,29). The minimum absolute atomic E-state index is 0.0412. The van der Waals surface area contributed by atoms with E-state index in [2.05, 4.69) is 27.1 Å². The van der Waals surface area contributed by atoms with Gasteiger partial charge < -0.3 is 19.5 Å². The van der Waals surface area contributed by atoms with Crippen LogP contribution in [0.1, 0.15) is 23.6 Å². The number of rotatable bonds is 10. The second-order valence-electron chi connectivity index (χ2n) is 7.27. The average molecular weight is 446 g/mol. The molecule has 1 saturated heterocycles. The maximum atomic E-state index is 12.5. The number of nitrogens with one attached hydrogen (secondary N) is 1. The Balaban J connectivity index is 1.50. The summed E-state index contributed by atoms with van der Waals surface area (Å²) >= 11 is 0. The lowest BCUT2D eigenvalue weighted by Crippen LogP contribution is -2.35. The molecular formula is C24H28F2N2O4. The molecule has 1 amide bonds. The van der Waals surface area contributed by atoms with E-state index in [1.807, 2.05) is 12.1 Å². The molecule has 1 heterocycles. The van der Waals surface area contributed by atoms with Gasteiger partial charge in [-0.1, -0.05) is 30.3 Å². The summed E-state index contributed by atoms with van der Waals surface area (Å²) in [6.45, 7) is 3.85. The van der Waals surface area contributed by atoms with E-state index >= 15 is 0 Å². The number of carbonyl (C=O) groups is 1. The van der Waals surface area contributed by atoms with Crippen molar-refractivity contribution in [2.75, 3.05) is 32.9 Å². The van der Waals surface area contributed by atoms with E-state index in [9.17, 15) is 13.6 Å². The molecule has 1 aliphatic rings. The largest absolute Gasteiger partial charge is 0.490 e. The summed E-state index contributed by atoms with van der Waals surface area (Å²) < 4.78 is 40.2. The zero-order valence-electron chi connectivity index (χ0n) is 18.1. The highest BCUT2D eigenvalue weighted by Gasteiger charge is 2.12. The van der Waals surface area contributed by atoms with Gasteiger partial charge in [-0.15, -0.1) is 0 Å². The Morgan fingerprint density at radius 3 is 2.53 bits per heavy atom. The smallest absolute Gasteiger partial charge is 0.387 e. The molecule has 0 unspecified atom stereocenters. The number of alkyl halides is 2. The lowest BCUT2D eigenvalue weighted by atomic mass is 10.1. The van der Waals surface area contributed by atoms with Gasteiger partial charge >= 0.3 is 6.61 Å². The van der Waals surface area contributed by atoms with Crippen LogP contribution in [0.25, 0.3) is 6.08 Å². The molecule has 172 valence electrons. The van der Waals surface area contributed by atoms with Gasteiger partial charge in [-0.3, -0.25) is 9.69 Å². The molecule has 0 spiro atoms. The maximum absolute atomic E-state index is 12.5. The normalized spacial score (nSPS) is 14.6. The monoisotopic (exact) mass is 446 g/mol. The molecule has 2 aromatic rings. The molecule has 3 rings (SSSR count). The predicted molar refractivity (Wildman–Crippen MR) is 118 cm³/mol. The molecule has 0 saturated carbocycles. The summed E-state index contributed by atoms with van der Waals surface area (Å²) in [6.07, 6.45) is 2.99. The number of amides is 1. The van der Waals surface area contributed by atoms with Crippen molar-refractivity contribution in [3.05, 3.63) is 65.2 Å². The molecule has 0 bridgehead atoms. The van der Waals surface area contributed by atoms with E-state index in [0.29, 0.717) is 18.7 Å². The molecule has 1 N–H and O–H groups in total. The number of carbonyl (C=O) groups excluding carboxylic acids is 1. The fourth-order valence-electron chi connectivity index (χ4n) is 3.29. The Labute approximate surface area is 186 Å². The Morgan fingerprint density at radius 2 is 1.84 bits per heavy atom. The van der Waals surface area contributed by atoms with Crippen LogP contribution in [0.2, 0.25) is 0 Å². The van der Waals surface area contributed by atoms with Crippen LogP contribution in [-0.4, -0.2) is 50.3 Å². The van der Waals surface area contributed by atoms with Crippen LogP contribution in [-0.2, 0) is 22.6 Å². The van der Waals surface area contributed by atoms with Gasteiger partial charge in [-0.25, -0.2) is 0 Å². The van der Waals surface area contributed by atoms with Crippen LogP contribution in [0.5, 0.6) is 11.5 Å². The molecule has 1 fully saturated rings. The molecule has 2 aromatic carbocycles. The van der Waals surface area contributed by atoms with Crippen molar-refractivity contribution in [1.29, 1.82) is 0 Å². The fourth-order valence-corrected chi connectivity index (χ4v) is 3.29. The van der Waals surface area contributed by atoms with E-state index in [1.165, 1.54) is 17.7 Å². The van der Waals surface area contributed by atoms with Gasteiger partial charge in [0.15, 0.2) is 11.5 Å². The van der Waals surface area contributed by atoms with Crippen molar-refractivity contribution < 1.29 is 27.8 Å². The van der Waals surface area contributed by atoms with Crippen LogP contribution >= 0.6 is 0 Å². The van der Waals surface area contributed by atoms with Gasteiger partial charge in [0.05, 0.1) is 19.8 Å². The summed E-state index contributed by atoms with van der Waals surface area (Å²) in [5, 5.41) is 2.84. The van der Waals surface area contributed by atoms with Crippen molar-refractivity contribution in [1.82, 2.24) is 10.2 Å². The lowest BCUT2D eigenvalue weighted by Gasteiger charge is -2.26. The van der Waals surface area contributed by atoms with Crippen molar-refractivity contribution in [3.63, 3.8) is 0 Å². The van der Waals surface area contributed by atoms with Gasteiger partial charge in [0.25, 0.3) is 0 Å². The van der Waals surface area contributed by atoms with Crippen molar-refractivity contribution in [3.8, 4) is 11.5 Å². The Hall–Kier alpha value is -2.97. The second kappa shape index (κ2) is 12.2. The first kappa shape index (κ1) is 23.7.